The van der Waals surface area contributed by atoms with E-state index in [4.69, 9.17) is 4.74 Å². The molecule has 0 radical (unpaired) electrons. The van der Waals surface area contributed by atoms with E-state index in [1.165, 1.54) is 23.1 Å². The lowest BCUT2D eigenvalue weighted by molar-refractivity contribution is 0.410. The summed E-state index contributed by atoms with van der Waals surface area (Å²) in [6, 6.07) is 4.26. The van der Waals surface area contributed by atoms with Crippen LogP contribution < -0.4 is 4.74 Å². The maximum absolute atomic E-state index is 5.41. The number of rotatable bonds is 1. The Bertz CT molecular complexity index is 364. The van der Waals surface area contributed by atoms with E-state index in [0.717, 1.165) is 12.2 Å². The van der Waals surface area contributed by atoms with Crippen LogP contribution in [-0.4, -0.2) is 7.11 Å². The number of benzene rings is 1. The molecule has 16 heavy (non-hydrogen) atoms. The van der Waals surface area contributed by atoms with Crippen LogP contribution in [0.1, 0.15) is 50.8 Å². The van der Waals surface area contributed by atoms with E-state index in [9.17, 15) is 0 Å². The molecular formula is C15H24O. The number of hydrogen-bond donors (Lipinski definition) is 0. The second kappa shape index (κ2) is 4.90. The molecule has 0 saturated carbocycles. The van der Waals surface area contributed by atoms with Crippen molar-refractivity contribution in [3.8, 4) is 5.75 Å². The molecule has 0 bridgehead atoms. The van der Waals surface area contributed by atoms with Gasteiger partial charge in [0.05, 0.1) is 7.11 Å². The Balaban J connectivity index is 0.000000606. The predicted molar refractivity (Wildman–Crippen MR) is 70.4 cm³/mol. The first-order valence-corrected chi connectivity index (χ1v) is 6.23. The van der Waals surface area contributed by atoms with Gasteiger partial charge in [-0.1, -0.05) is 33.8 Å². The van der Waals surface area contributed by atoms with Gasteiger partial charge in [0.25, 0.3) is 0 Å². The van der Waals surface area contributed by atoms with E-state index in [1.807, 2.05) is 13.8 Å². The Morgan fingerprint density at radius 3 is 2.38 bits per heavy atom. The molecule has 1 nitrogen and oxygen atoms in total. The number of ether oxygens (including phenoxy) is 1. The minimum Gasteiger partial charge on any atom is -0.496 e. The van der Waals surface area contributed by atoms with Crippen LogP contribution in [-0.2, 0) is 11.8 Å². The second-order valence-electron chi connectivity index (χ2n) is 4.82. The van der Waals surface area contributed by atoms with Crippen molar-refractivity contribution in [2.45, 2.75) is 52.9 Å². The number of aryl methyl sites for hydroxylation is 1. The molecule has 1 aromatic carbocycles. The van der Waals surface area contributed by atoms with E-state index in [0.29, 0.717) is 5.41 Å². The van der Waals surface area contributed by atoms with E-state index >= 15 is 0 Å². The standard InChI is InChI=1S/C13H18O.C2H6/c1-9-5-6-11(14-4)10-7-8-13(2,3)12(9)10;1-2/h5-6H,7-8H2,1-4H3;1-2H3. The summed E-state index contributed by atoms with van der Waals surface area (Å²) in [5.74, 6) is 1.07. The first kappa shape index (κ1) is 13.1. The maximum atomic E-state index is 5.41. The molecule has 0 atom stereocenters. The van der Waals surface area contributed by atoms with Crippen LogP contribution in [0.15, 0.2) is 12.1 Å². The Morgan fingerprint density at radius 1 is 1.19 bits per heavy atom. The van der Waals surface area contributed by atoms with Crippen LogP contribution in [0.2, 0.25) is 0 Å². The summed E-state index contributed by atoms with van der Waals surface area (Å²) in [6.07, 6.45) is 2.40. The van der Waals surface area contributed by atoms with Gasteiger partial charge < -0.3 is 4.74 Å². The highest BCUT2D eigenvalue weighted by Gasteiger charge is 2.33. The van der Waals surface area contributed by atoms with Crippen LogP contribution in [0, 0.1) is 6.92 Å². The zero-order chi connectivity index (χ0) is 12.3. The summed E-state index contributed by atoms with van der Waals surface area (Å²) in [7, 11) is 1.76. The van der Waals surface area contributed by atoms with Crippen molar-refractivity contribution in [1.82, 2.24) is 0 Å². The van der Waals surface area contributed by atoms with Gasteiger partial charge in [-0.25, -0.2) is 0 Å². The van der Waals surface area contributed by atoms with Gasteiger partial charge in [0.1, 0.15) is 5.75 Å². The molecule has 0 aromatic heterocycles. The van der Waals surface area contributed by atoms with Crippen molar-refractivity contribution in [3.63, 3.8) is 0 Å². The number of methoxy groups -OCH3 is 1. The summed E-state index contributed by atoms with van der Waals surface area (Å²) in [5, 5.41) is 0. The highest BCUT2D eigenvalue weighted by molar-refractivity contribution is 5.51. The van der Waals surface area contributed by atoms with Crippen LogP contribution in [0.5, 0.6) is 5.75 Å². The lowest BCUT2D eigenvalue weighted by Crippen LogP contribution is -2.13. The van der Waals surface area contributed by atoms with Gasteiger partial charge >= 0.3 is 0 Å². The number of hydrogen-bond acceptors (Lipinski definition) is 1. The maximum Gasteiger partial charge on any atom is 0.122 e. The van der Waals surface area contributed by atoms with Crippen molar-refractivity contribution in [2.75, 3.05) is 7.11 Å². The molecule has 90 valence electrons. The molecular weight excluding hydrogens is 196 g/mol. The van der Waals surface area contributed by atoms with Gasteiger partial charge in [0.15, 0.2) is 0 Å². The molecule has 0 aliphatic heterocycles. The Morgan fingerprint density at radius 2 is 1.81 bits per heavy atom. The molecule has 1 aliphatic carbocycles. The van der Waals surface area contributed by atoms with Crippen LogP contribution in [0.25, 0.3) is 0 Å². The third-order valence-corrected chi connectivity index (χ3v) is 3.37. The fourth-order valence-electron chi connectivity index (χ4n) is 2.69. The second-order valence-corrected chi connectivity index (χ2v) is 4.82. The molecule has 1 aliphatic rings. The predicted octanol–water partition coefficient (Wildman–Crippen LogP) is 4.25. The minimum atomic E-state index is 0.327. The number of fused-ring (bicyclic) bond motifs is 1. The Hall–Kier alpha value is -0.980. The van der Waals surface area contributed by atoms with E-state index in [2.05, 4.69) is 32.9 Å². The van der Waals surface area contributed by atoms with Crippen LogP contribution in [0.4, 0.5) is 0 Å². The summed E-state index contributed by atoms with van der Waals surface area (Å²) >= 11 is 0. The molecule has 1 heteroatoms. The zero-order valence-electron chi connectivity index (χ0n) is 11.5. The third kappa shape index (κ3) is 2.09. The monoisotopic (exact) mass is 220 g/mol. The zero-order valence-corrected chi connectivity index (χ0v) is 11.5. The minimum absolute atomic E-state index is 0.327. The van der Waals surface area contributed by atoms with Crippen molar-refractivity contribution in [2.24, 2.45) is 0 Å². The van der Waals surface area contributed by atoms with Crippen LogP contribution in [0.3, 0.4) is 0 Å². The van der Waals surface area contributed by atoms with Gasteiger partial charge in [-0.05, 0) is 47.9 Å². The largest absolute Gasteiger partial charge is 0.496 e. The Kier molecular flexibility index (Phi) is 4.01. The quantitative estimate of drug-likeness (QED) is 0.687. The molecule has 0 heterocycles. The lowest BCUT2D eigenvalue weighted by Gasteiger charge is -2.21. The lowest BCUT2D eigenvalue weighted by atomic mass is 9.84. The average Bonchev–Trinajstić information content (AvgIpc) is 2.60. The molecule has 0 fully saturated rings. The van der Waals surface area contributed by atoms with Gasteiger partial charge in [0, 0.05) is 0 Å². The molecule has 1 aromatic rings. The molecule has 2 rings (SSSR count). The summed E-state index contributed by atoms with van der Waals surface area (Å²) in [6.45, 7) is 10.8. The fourth-order valence-corrected chi connectivity index (χ4v) is 2.69. The van der Waals surface area contributed by atoms with E-state index in [-0.39, 0.29) is 0 Å². The van der Waals surface area contributed by atoms with Crippen molar-refractivity contribution < 1.29 is 4.74 Å². The van der Waals surface area contributed by atoms with Crippen LogP contribution >= 0.6 is 0 Å². The summed E-state index contributed by atoms with van der Waals surface area (Å²) in [4.78, 5) is 0. The third-order valence-electron chi connectivity index (χ3n) is 3.37. The van der Waals surface area contributed by atoms with Crippen molar-refractivity contribution in [3.05, 3.63) is 28.8 Å². The molecule has 0 saturated heterocycles. The molecule has 0 spiro atoms. The molecule has 0 amide bonds. The van der Waals surface area contributed by atoms with Gasteiger partial charge in [-0.2, -0.15) is 0 Å². The fraction of sp³-hybridized carbons (Fsp3) is 0.600. The summed E-state index contributed by atoms with van der Waals surface area (Å²) in [5.41, 5.74) is 4.67. The van der Waals surface area contributed by atoms with Gasteiger partial charge in [0.2, 0.25) is 0 Å². The first-order valence-electron chi connectivity index (χ1n) is 6.23. The normalized spacial score (nSPS) is 16.1. The SMILES string of the molecule is CC.COc1ccc(C)c2c1CCC2(C)C. The van der Waals surface area contributed by atoms with Gasteiger partial charge in [-0.15, -0.1) is 0 Å². The van der Waals surface area contributed by atoms with Crippen molar-refractivity contribution in [1.29, 1.82) is 0 Å². The van der Waals surface area contributed by atoms with E-state index < -0.39 is 0 Å². The average molecular weight is 220 g/mol. The summed E-state index contributed by atoms with van der Waals surface area (Å²) < 4.78 is 5.41. The van der Waals surface area contributed by atoms with E-state index in [1.54, 1.807) is 7.11 Å². The smallest absolute Gasteiger partial charge is 0.122 e. The van der Waals surface area contributed by atoms with Crippen molar-refractivity contribution >= 4 is 0 Å². The van der Waals surface area contributed by atoms with Gasteiger partial charge in [-0.3, -0.25) is 0 Å². The topological polar surface area (TPSA) is 9.23 Å². The highest BCUT2D eigenvalue weighted by atomic mass is 16.5. The first-order chi connectivity index (χ1) is 7.56. The Labute approximate surface area is 99.8 Å². The highest BCUT2D eigenvalue weighted by Crippen LogP contribution is 2.43. The molecule has 0 N–H and O–H groups in total. The molecule has 0 unspecified atom stereocenters.